The molecule has 0 spiro atoms. The summed E-state index contributed by atoms with van der Waals surface area (Å²) in [5, 5.41) is 14.3. The molecule has 1 aliphatic carbocycles. The first-order chi connectivity index (χ1) is 13.0. The molecule has 5 nitrogen and oxygen atoms in total. The highest BCUT2D eigenvalue weighted by Crippen LogP contribution is 2.30. The zero-order valence-corrected chi connectivity index (χ0v) is 15.7. The number of H-pyrrole nitrogens is 1. The largest absolute Gasteiger partial charge is 0.384 e. The minimum atomic E-state index is -0.883. The molecule has 1 aromatic heterocycles. The Bertz CT molecular complexity index is 950. The molecule has 1 saturated carbocycles. The highest BCUT2D eigenvalue weighted by Gasteiger charge is 2.28. The number of para-hydroxylation sites is 2. The van der Waals surface area contributed by atoms with E-state index in [-0.39, 0.29) is 11.7 Å². The van der Waals surface area contributed by atoms with Crippen LogP contribution in [-0.4, -0.2) is 27.2 Å². The monoisotopic (exact) mass is 365 g/mol. The number of hydrogen-bond acceptors (Lipinski definition) is 3. The molecule has 5 heteroatoms. The van der Waals surface area contributed by atoms with Crippen molar-refractivity contribution in [3.05, 3.63) is 70.6 Å². The molecular formula is C22H27N3O2. The summed E-state index contributed by atoms with van der Waals surface area (Å²) in [6.45, 7) is 2.38. The van der Waals surface area contributed by atoms with Crippen molar-refractivity contribution in [1.82, 2.24) is 14.9 Å². The molecule has 27 heavy (non-hydrogen) atoms. The molecule has 1 atom stereocenters. The van der Waals surface area contributed by atoms with Crippen molar-refractivity contribution in [3.63, 3.8) is 0 Å². The molecule has 1 aliphatic rings. The molecular weight excluding hydrogens is 338 g/mol. The average Bonchev–Trinajstić information content (AvgIpc) is 3.03. The summed E-state index contributed by atoms with van der Waals surface area (Å²) in [4.78, 5) is 15.3. The van der Waals surface area contributed by atoms with Gasteiger partial charge in [0, 0.05) is 18.6 Å². The van der Waals surface area contributed by atoms with Crippen molar-refractivity contribution >= 4 is 11.0 Å². The van der Waals surface area contributed by atoms with Gasteiger partial charge in [0.25, 0.3) is 0 Å². The average molecular weight is 365 g/mol. The molecule has 1 fully saturated rings. The standard InChI is InChI=1S/C22H27N3O2/c1-22(27,16-7-3-2-4-8-16)15-23-17-11-13-18(14-12-17)25-20-10-6-5-9-19(20)24-21(25)26/h2-10,17-18,23,27H,11-15H2,1H3,(H,24,26). The second kappa shape index (κ2) is 7.33. The van der Waals surface area contributed by atoms with Crippen LogP contribution in [0, 0.1) is 0 Å². The van der Waals surface area contributed by atoms with Crippen LogP contribution < -0.4 is 11.0 Å². The number of nitrogens with zero attached hydrogens (tertiary/aromatic N) is 1. The van der Waals surface area contributed by atoms with Gasteiger partial charge in [-0.05, 0) is 50.3 Å². The smallest absolute Gasteiger partial charge is 0.326 e. The van der Waals surface area contributed by atoms with E-state index < -0.39 is 5.60 Å². The van der Waals surface area contributed by atoms with E-state index in [9.17, 15) is 9.90 Å². The maximum atomic E-state index is 12.4. The maximum absolute atomic E-state index is 12.4. The van der Waals surface area contributed by atoms with E-state index in [1.807, 2.05) is 66.1 Å². The van der Waals surface area contributed by atoms with Crippen LogP contribution in [0.2, 0.25) is 0 Å². The summed E-state index contributed by atoms with van der Waals surface area (Å²) in [7, 11) is 0. The third-order valence-electron chi connectivity index (χ3n) is 5.82. The number of aromatic nitrogens is 2. The lowest BCUT2D eigenvalue weighted by Gasteiger charge is -2.32. The lowest BCUT2D eigenvalue weighted by Crippen LogP contribution is -2.42. The summed E-state index contributed by atoms with van der Waals surface area (Å²) in [5.74, 6) is 0. The van der Waals surface area contributed by atoms with Gasteiger partial charge in [-0.3, -0.25) is 4.57 Å². The first-order valence-electron chi connectivity index (χ1n) is 9.75. The molecule has 0 bridgehead atoms. The Morgan fingerprint density at radius 1 is 1.07 bits per heavy atom. The second-order valence-electron chi connectivity index (χ2n) is 7.84. The van der Waals surface area contributed by atoms with E-state index in [0.29, 0.717) is 12.6 Å². The number of hydrogen-bond donors (Lipinski definition) is 3. The van der Waals surface area contributed by atoms with Gasteiger partial charge in [-0.25, -0.2) is 4.79 Å². The molecule has 1 heterocycles. The van der Waals surface area contributed by atoms with Crippen molar-refractivity contribution < 1.29 is 5.11 Å². The number of fused-ring (bicyclic) bond motifs is 1. The molecule has 0 amide bonds. The number of aliphatic hydroxyl groups is 1. The Kier molecular flexibility index (Phi) is 4.89. The van der Waals surface area contributed by atoms with Gasteiger partial charge in [0.1, 0.15) is 0 Å². The number of imidazole rings is 1. The maximum Gasteiger partial charge on any atom is 0.326 e. The van der Waals surface area contributed by atoms with Crippen molar-refractivity contribution in [3.8, 4) is 0 Å². The van der Waals surface area contributed by atoms with Crippen LogP contribution in [-0.2, 0) is 5.60 Å². The van der Waals surface area contributed by atoms with E-state index in [0.717, 1.165) is 42.3 Å². The zero-order valence-electron chi connectivity index (χ0n) is 15.7. The molecule has 4 rings (SSSR count). The highest BCUT2D eigenvalue weighted by molar-refractivity contribution is 5.75. The van der Waals surface area contributed by atoms with Gasteiger partial charge < -0.3 is 15.4 Å². The third kappa shape index (κ3) is 3.70. The molecule has 3 aromatic rings. The Labute approximate surface area is 159 Å². The van der Waals surface area contributed by atoms with Gasteiger partial charge in [0.15, 0.2) is 0 Å². The summed E-state index contributed by atoms with van der Waals surface area (Å²) < 4.78 is 1.92. The third-order valence-corrected chi connectivity index (χ3v) is 5.82. The van der Waals surface area contributed by atoms with Crippen LogP contribution in [0.15, 0.2) is 59.4 Å². The quantitative estimate of drug-likeness (QED) is 0.650. The Balaban J connectivity index is 1.38. The minimum Gasteiger partial charge on any atom is -0.384 e. The molecule has 0 aliphatic heterocycles. The second-order valence-corrected chi connectivity index (χ2v) is 7.84. The van der Waals surface area contributed by atoms with Crippen molar-refractivity contribution in [1.29, 1.82) is 0 Å². The van der Waals surface area contributed by atoms with Gasteiger partial charge in [0.2, 0.25) is 0 Å². The van der Waals surface area contributed by atoms with Crippen LogP contribution in [0.3, 0.4) is 0 Å². The fraction of sp³-hybridized carbons (Fsp3) is 0.409. The first kappa shape index (κ1) is 18.0. The SMILES string of the molecule is CC(O)(CNC1CCC(n2c(=O)[nH]c3ccccc32)CC1)c1ccccc1. The van der Waals surface area contributed by atoms with Gasteiger partial charge in [-0.2, -0.15) is 0 Å². The number of aromatic amines is 1. The van der Waals surface area contributed by atoms with Crippen molar-refractivity contribution in [2.45, 2.75) is 50.3 Å². The van der Waals surface area contributed by atoms with Crippen LogP contribution in [0.1, 0.15) is 44.2 Å². The Hall–Kier alpha value is -2.37. The lowest BCUT2D eigenvalue weighted by atomic mass is 9.89. The van der Waals surface area contributed by atoms with Crippen LogP contribution in [0.4, 0.5) is 0 Å². The van der Waals surface area contributed by atoms with Gasteiger partial charge >= 0.3 is 5.69 Å². The predicted molar refractivity (Wildman–Crippen MR) is 108 cm³/mol. The molecule has 0 radical (unpaired) electrons. The summed E-state index contributed by atoms with van der Waals surface area (Å²) in [6.07, 6.45) is 3.93. The van der Waals surface area contributed by atoms with Crippen LogP contribution in [0.25, 0.3) is 11.0 Å². The van der Waals surface area contributed by atoms with E-state index in [2.05, 4.69) is 10.3 Å². The van der Waals surface area contributed by atoms with E-state index in [1.54, 1.807) is 0 Å². The topological polar surface area (TPSA) is 70.0 Å². The minimum absolute atomic E-state index is 0.0142. The first-order valence-corrected chi connectivity index (χ1v) is 9.75. The van der Waals surface area contributed by atoms with E-state index in [4.69, 9.17) is 0 Å². The van der Waals surface area contributed by atoms with E-state index >= 15 is 0 Å². The Morgan fingerprint density at radius 2 is 1.74 bits per heavy atom. The summed E-state index contributed by atoms with van der Waals surface area (Å²) in [5.41, 5.74) is 1.93. The molecule has 2 aromatic carbocycles. The molecule has 142 valence electrons. The fourth-order valence-electron chi connectivity index (χ4n) is 4.22. The number of nitrogens with one attached hydrogen (secondary N) is 2. The van der Waals surface area contributed by atoms with Crippen molar-refractivity contribution in [2.24, 2.45) is 0 Å². The summed E-state index contributed by atoms with van der Waals surface area (Å²) >= 11 is 0. The summed E-state index contributed by atoms with van der Waals surface area (Å²) in [6, 6.07) is 18.3. The normalized spacial score (nSPS) is 22.6. The Morgan fingerprint density at radius 3 is 2.48 bits per heavy atom. The molecule has 1 unspecified atom stereocenters. The molecule has 3 N–H and O–H groups in total. The number of benzene rings is 2. The van der Waals surface area contributed by atoms with E-state index in [1.165, 1.54) is 0 Å². The zero-order chi connectivity index (χ0) is 18.9. The number of rotatable bonds is 5. The fourth-order valence-corrected chi connectivity index (χ4v) is 4.22. The van der Waals surface area contributed by atoms with Gasteiger partial charge in [-0.1, -0.05) is 42.5 Å². The highest BCUT2D eigenvalue weighted by atomic mass is 16.3. The molecule has 0 saturated heterocycles. The predicted octanol–water partition coefficient (Wildman–Crippen LogP) is 3.31. The van der Waals surface area contributed by atoms with Crippen LogP contribution in [0.5, 0.6) is 0 Å². The van der Waals surface area contributed by atoms with Gasteiger partial charge in [0.05, 0.1) is 16.6 Å². The van der Waals surface area contributed by atoms with Crippen LogP contribution >= 0.6 is 0 Å². The lowest BCUT2D eigenvalue weighted by molar-refractivity contribution is 0.0515. The van der Waals surface area contributed by atoms with Crippen molar-refractivity contribution in [2.75, 3.05) is 6.54 Å². The van der Waals surface area contributed by atoms with Gasteiger partial charge in [-0.15, -0.1) is 0 Å².